The Balaban J connectivity index is 2.43. The second-order valence-corrected chi connectivity index (χ2v) is 6.08. The average Bonchev–Trinajstić information content (AvgIpc) is 2.53. The molecule has 2 aliphatic carbocycles. The highest BCUT2D eigenvalue weighted by Crippen LogP contribution is 2.69. The zero-order valence-corrected chi connectivity index (χ0v) is 9.64. The lowest BCUT2D eigenvalue weighted by atomic mass is 9.59. The predicted molar refractivity (Wildman–Crippen MR) is 59.0 cm³/mol. The quantitative estimate of drug-likeness (QED) is 0.670. The molecule has 0 aliphatic heterocycles. The molecular formula is C13H22O. The van der Waals surface area contributed by atoms with Gasteiger partial charge in [-0.15, -0.1) is 6.58 Å². The summed E-state index contributed by atoms with van der Waals surface area (Å²) in [5.74, 6) is 0.706. The number of fused-ring (bicyclic) bond motifs is 2. The highest BCUT2D eigenvalue weighted by molar-refractivity contribution is 5.19. The molecule has 0 spiro atoms. The second-order valence-electron chi connectivity index (χ2n) is 6.08. The maximum absolute atomic E-state index is 10.9. The molecule has 0 radical (unpaired) electrons. The van der Waals surface area contributed by atoms with Gasteiger partial charge in [-0.25, -0.2) is 0 Å². The molecule has 2 bridgehead atoms. The fourth-order valence-electron chi connectivity index (χ4n) is 4.07. The van der Waals surface area contributed by atoms with Crippen LogP contribution in [0, 0.1) is 16.7 Å². The van der Waals surface area contributed by atoms with Gasteiger partial charge in [0.1, 0.15) is 0 Å². The number of hydrogen-bond acceptors (Lipinski definition) is 1. The molecule has 0 saturated heterocycles. The van der Waals surface area contributed by atoms with Crippen LogP contribution in [0.5, 0.6) is 0 Å². The van der Waals surface area contributed by atoms with E-state index in [9.17, 15) is 5.11 Å². The van der Waals surface area contributed by atoms with Gasteiger partial charge in [-0.05, 0) is 42.4 Å². The number of rotatable bonds is 2. The van der Waals surface area contributed by atoms with E-state index in [1.54, 1.807) is 0 Å². The standard InChI is InChI=1S/C13H22O/c1-5-7-13(14)11(2,3)10-6-8-12(13,4)9-10/h5,10,14H,1,6-9H2,2-4H3/t10-,12+,13+/m0/s1. The summed E-state index contributed by atoms with van der Waals surface area (Å²) in [7, 11) is 0. The summed E-state index contributed by atoms with van der Waals surface area (Å²) in [5, 5.41) is 10.9. The van der Waals surface area contributed by atoms with Crippen molar-refractivity contribution in [3.8, 4) is 0 Å². The Labute approximate surface area is 87.2 Å². The Hall–Kier alpha value is -0.300. The lowest BCUT2D eigenvalue weighted by Gasteiger charge is -2.50. The minimum absolute atomic E-state index is 0.0637. The van der Waals surface area contributed by atoms with E-state index in [4.69, 9.17) is 0 Å². The molecule has 80 valence electrons. The molecule has 2 saturated carbocycles. The first-order chi connectivity index (χ1) is 6.37. The predicted octanol–water partition coefficient (Wildman–Crippen LogP) is 3.14. The summed E-state index contributed by atoms with van der Waals surface area (Å²) >= 11 is 0. The molecule has 0 amide bonds. The van der Waals surface area contributed by atoms with Gasteiger partial charge in [0.25, 0.3) is 0 Å². The van der Waals surface area contributed by atoms with Gasteiger partial charge < -0.3 is 5.11 Å². The molecule has 0 heterocycles. The minimum atomic E-state index is -0.523. The smallest absolute Gasteiger partial charge is 0.0788 e. The molecule has 0 aromatic rings. The molecule has 3 atom stereocenters. The molecule has 1 N–H and O–H groups in total. The highest BCUT2D eigenvalue weighted by Gasteiger charge is 2.67. The van der Waals surface area contributed by atoms with Crippen LogP contribution in [0.25, 0.3) is 0 Å². The molecule has 2 rings (SSSR count). The van der Waals surface area contributed by atoms with E-state index in [2.05, 4.69) is 27.4 Å². The molecule has 0 aromatic heterocycles. The van der Waals surface area contributed by atoms with Crippen molar-refractivity contribution in [2.45, 2.75) is 52.1 Å². The lowest BCUT2D eigenvalue weighted by molar-refractivity contribution is -0.140. The van der Waals surface area contributed by atoms with Crippen LogP contribution in [-0.2, 0) is 0 Å². The van der Waals surface area contributed by atoms with Crippen LogP contribution in [0.15, 0.2) is 12.7 Å². The normalized spacial score (nSPS) is 49.6. The maximum atomic E-state index is 10.9. The summed E-state index contributed by atoms with van der Waals surface area (Å²) in [6.45, 7) is 10.5. The van der Waals surface area contributed by atoms with Gasteiger partial charge in [0.2, 0.25) is 0 Å². The summed E-state index contributed by atoms with van der Waals surface area (Å²) in [6, 6.07) is 0. The Bertz CT molecular complexity index is 262. The maximum Gasteiger partial charge on any atom is 0.0788 e. The van der Waals surface area contributed by atoms with Gasteiger partial charge in [0.05, 0.1) is 5.60 Å². The number of aliphatic hydroxyl groups is 1. The molecule has 2 aliphatic rings. The Morgan fingerprint density at radius 2 is 2.07 bits per heavy atom. The van der Waals surface area contributed by atoms with E-state index in [1.165, 1.54) is 19.3 Å². The van der Waals surface area contributed by atoms with Gasteiger partial charge in [-0.3, -0.25) is 0 Å². The first kappa shape index (κ1) is 10.2. The topological polar surface area (TPSA) is 20.2 Å². The third kappa shape index (κ3) is 0.894. The SMILES string of the molecule is C=CC[C@@]1(O)C(C)(C)[C@H]2CC[C@]1(C)C2. The number of hydrogen-bond donors (Lipinski definition) is 1. The van der Waals surface area contributed by atoms with Crippen molar-refractivity contribution in [2.24, 2.45) is 16.7 Å². The van der Waals surface area contributed by atoms with Gasteiger partial charge >= 0.3 is 0 Å². The Morgan fingerprint density at radius 1 is 1.43 bits per heavy atom. The van der Waals surface area contributed by atoms with Crippen molar-refractivity contribution in [1.29, 1.82) is 0 Å². The third-order valence-corrected chi connectivity index (χ3v) is 5.27. The van der Waals surface area contributed by atoms with Crippen LogP contribution in [-0.4, -0.2) is 10.7 Å². The van der Waals surface area contributed by atoms with Gasteiger partial charge in [-0.2, -0.15) is 0 Å². The van der Waals surface area contributed by atoms with Crippen molar-refractivity contribution in [3.05, 3.63) is 12.7 Å². The highest BCUT2D eigenvalue weighted by atomic mass is 16.3. The molecule has 14 heavy (non-hydrogen) atoms. The molecular weight excluding hydrogens is 172 g/mol. The minimum Gasteiger partial charge on any atom is -0.388 e. The van der Waals surface area contributed by atoms with Crippen LogP contribution in [0.2, 0.25) is 0 Å². The van der Waals surface area contributed by atoms with Crippen molar-refractivity contribution >= 4 is 0 Å². The van der Waals surface area contributed by atoms with Crippen molar-refractivity contribution in [3.63, 3.8) is 0 Å². The third-order valence-electron chi connectivity index (χ3n) is 5.27. The summed E-state index contributed by atoms with van der Waals surface area (Å²) < 4.78 is 0. The van der Waals surface area contributed by atoms with Crippen molar-refractivity contribution < 1.29 is 5.11 Å². The fourth-order valence-corrected chi connectivity index (χ4v) is 4.07. The van der Waals surface area contributed by atoms with Gasteiger partial charge in [-0.1, -0.05) is 26.8 Å². The fraction of sp³-hybridized carbons (Fsp3) is 0.846. The molecule has 1 nitrogen and oxygen atoms in total. The van der Waals surface area contributed by atoms with Crippen LogP contribution < -0.4 is 0 Å². The summed E-state index contributed by atoms with van der Waals surface area (Å²) in [4.78, 5) is 0. The van der Waals surface area contributed by atoms with Gasteiger partial charge in [0.15, 0.2) is 0 Å². The van der Waals surface area contributed by atoms with E-state index in [-0.39, 0.29) is 10.8 Å². The first-order valence-corrected chi connectivity index (χ1v) is 5.71. The summed E-state index contributed by atoms with van der Waals surface area (Å²) in [5.41, 5.74) is -0.325. The van der Waals surface area contributed by atoms with Crippen LogP contribution in [0.4, 0.5) is 0 Å². The average molecular weight is 194 g/mol. The van der Waals surface area contributed by atoms with E-state index in [1.807, 2.05) is 6.08 Å². The monoisotopic (exact) mass is 194 g/mol. The van der Waals surface area contributed by atoms with Crippen LogP contribution in [0.3, 0.4) is 0 Å². The van der Waals surface area contributed by atoms with Crippen molar-refractivity contribution in [2.75, 3.05) is 0 Å². The second kappa shape index (κ2) is 2.63. The lowest BCUT2D eigenvalue weighted by Crippen LogP contribution is -2.53. The molecule has 0 unspecified atom stereocenters. The van der Waals surface area contributed by atoms with E-state index < -0.39 is 5.60 Å². The first-order valence-electron chi connectivity index (χ1n) is 5.71. The molecule has 2 fully saturated rings. The molecule has 1 heteroatoms. The van der Waals surface area contributed by atoms with Crippen LogP contribution >= 0.6 is 0 Å². The van der Waals surface area contributed by atoms with Crippen molar-refractivity contribution in [1.82, 2.24) is 0 Å². The summed E-state index contributed by atoms with van der Waals surface area (Å²) in [6.07, 6.45) is 6.30. The van der Waals surface area contributed by atoms with Gasteiger partial charge in [0, 0.05) is 0 Å². The Morgan fingerprint density at radius 3 is 2.50 bits per heavy atom. The zero-order chi connectivity index (χ0) is 10.6. The zero-order valence-electron chi connectivity index (χ0n) is 9.64. The van der Waals surface area contributed by atoms with E-state index >= 15 is 0 Å². The Kier molecular flexibility index (Phi) is 1.92. The van der Waals surface area contributed by atoms with E-state index in [0.29, 0.717) is 5.92 Å². The largest absolute Gasteiger partial charge is 0.388 e. The van der Waals surface area contributed by atoms with Crippen LogP contribution in [0.1, 0.15) is 46.5 Å². The molecule has 0 aromatic carbocycles. The van der Waals surface area contributed by atoms with E-state index in [0.717, 1.165) is 6.42 Å².